The summed E-state index contributed by atoms with van der Waals surface area (Å²) < 4.78 is 5.65. The Labute approximate surface area is 182 Å². The van der Waals surface area contributed by atoms with Crippen LogP contribution in [-0.2, 0) is 11.3 Å². The summed E-state index contributed by atoms with van der Waals surface area (Å²) in [7, 11) is 0. The number of ether oxygens (including phenoxy) is 1. The van der Waals surface area contributed by atoms with Gasteiger partial charge in [0.05, 0.1) is 23.6 Å². The fourth-order valence-corrected chi connectivity index (χ4v) is 4.35. The lowest BCUT2D eigenvalue weighted by molar-refractivity contribution is -0.121. The molecule has 0 N–H and O–H groups in total. The van der Waals surface area contributed by atoms with Gasteiger partial charge in [-0.05, 0) is 42.0 Å². The number of aromatic nitrogens is 2. The first-order chi connectivity index (χ1) is 14.7. The molecule has 0 aliphatic carbocycles. The molecule has 148 valence electrons. The Hall–Kier alpha value is -3.22. The van der Waals surface area contributed by atoms with Crippen LogP contribution in [0.1, 0.15) is 5.56 Å². The smallest absolute Gasteiger partial charge is 0.265 e. The van der Waals surface area contributed by atoms with Gasteiger partial charge >= 0.3 is 0 Å². The van der Waals surface area contributed by atoms with Crippen molar-refractivity contribution in [3.05, 3.63) is 82.8 Å². The van der Waals surface area contributed by atoms with Crippen LogP contribution in [-0.4, -0.2) is 22.5 Å². The van der Waals surface area contributed by atoms with Crippen LogP contribution in [0.5, 0.6) is 5.75 Å². The molecule has 0 unspecified atom stereocenters. The van der Waals surface area contributed by atoms with Gasteiger partial charge in [0.2, 0.25) is 0 Å². The highest BCUT2D eigenvalue weighted by Crippen LogP contribution is 2.38. The zero-order chi connectivity index (χ0) is 20.5. The molecule has 1 amide bonds. The predicted octanol–water partition coefficient (Wildman–Crippen LogP) is 5.45. The van der Waals surface area contributed by atoms with Gasteiger partial charge in [-0.15, -0.1) is 11.3 Å². The zero-order valence-electron chi connectivity index (χ0n) is 15.8. The molecule has 1 aliphatic heterocycles. The van der Waals surface area contributed by atoms with Crippen LogP contribution in [0.3, 0.4) is 0 Å². The first kappa shape index (κ1) is 18.8. The van der Waals surface area contributed by atoms with Crippen molar-refractivity contribution in [2.45, 2.75) is 6.54 Å². The minimum absolute atomic E-state index is 0.0112. The highest BCUT2D eigenvalue weighted by atomic mass is 35.5. The Morgan fingerprint density at radius 3 is 2.77 bits per heavy atom. The number of hydrogen-bond donors (Lipinski definition) is 0. The molecule has 0 bridgehead atoms. The molecule has 0 saturated heterocycles. The van der Waals surface area contributed by atoms with E-state index < -0.39 is 0 Å². The monoisotopic (exact) mass is 433 g/mol. The molecule has 5 nitrogen and oxygen atoms in total. The Bertz CT molecular complexity index is 1230. The number of benzene rings is 2. The third-order valence-electron chi connectivity index (χ3n) is 4.87. The van der Waals surface area contributed by atoms with E-state index in [-0.39, 0.29) is 12.5 Å². The number of amides is 1. The number of halogens is 1. The summed E-state index contributed by atoms with van der Waals surface area (Å²) in [6.45, 7) is 0.395. The number of pyridine rings is 1. The molecule has 0 saturated carbocycles. The van der Waals surface area contributed by atoms with E-state index in [0.717, 1.165) is 33.2 Å². The second-order valence-electron chi connectivity index (χ2n) is 6.80. The van der Waals surface area contributed by atoms with Gasteiger partial charge in [-0.3, -0.25) is 9.78 Å². The van der Waals surface area contributed by atoms with Crippen LogP contribution in [0.15, 0.2) is 72.2 Å². The Morgan fingerprint density at radius 2 is 1.93 bits per heavy atom. The average molecular weight is 434 g/mol. The van der Waals surface area contributed by atoms with Crippen LogP contribution >= 0.6 is 22.9 Å². The number of fused-ring (bicyclic) bond motifs is 1. The largest absolute Gasteiger partial charge is 0.482 e. The second-order valence-corrected chi connectivity index (χ2v) is 8.06. The molecule has 4 aromatic rings. The van der Waals surface area contributed by atoms with Crippen LogP contribution in [0.4, 0.5) is 5.69 Å². The highest BCUT2D eigenvalue weighted by molar-refractivity contribution is 7.13. The van der Waals surface area contributed by atoms with Crippen molar-refractivity contribution in [2.75, 3.05) is 11.5 Å². The first-order valence-electron chi connectivity index (χ1n) is 9.37. The SMILES string of the molecule is O=C1COc2ccc(-c3csc(-c4ccccn4)n3)cc2N1Cc1ccccc1Cl. The quantitative estimate of drug-likeness (QED) is 0.429. The van der Waals surface area contributed by atoms with Crippen LogP contribution < -0.4 is 9.64 Å². The lowest BCUT2D eigenvalue weighted by Crippen LogP contribution is -2.38. The molecule has 0 fully saturated rings. The first-order valence-corrected chi connectivity index (χ1v) is 10.6. The number of carbonyl (C=O) groups excluding carboxylic acids is 1. The van der Waals surface area contributed by atoms with Crippen molar-refractivity contribution in [2.24, 2.45) is 0 Å². The van der Waals surface area contributed by atoms with Crippen molar-refractivity contribution in [1.82, 2.24) is 9.97 Å². The van der Waals surface area contributed by atoms with Crippen molar-refractivity contribution < 1.29 is 9.53 Å². The average Bonchev–Trinajstić information content (AvgIpc) is 3.28. The molecule has 5 rings (SSSR count). The van der Waals surface area contributed by atoms with Crippen molar-refractivity contribution in [1.29, 1.82) is 0 Å². The minimum Gasteiger partial charge on any atom is -0.482 e. The summed E-state index contributed by atoms with van der Waals surface area (Å²) in [5, 5.41) is 3.48. The predicted molar refractivity (Wildman–Crippen MR) is 119 cm³/mol. The standard InChI is InChI=1S/C23H16ClN3O2S/c24-17-6-2-1-5-16(17)12-27-20-11-15(8-9-21(20)29-13-22(27)28)19-14-30-23(26-19)18-7-3-4-10-25-18/h1-11,14H,12-13H2. The van der Waals surface area contributed by atoms with Gasteiger partial charge in [-0.1, -0.05) is 35.9 Å². The third-order valence-corrected chi connectivity index (χ3v) is 6.11. The van der Waals surface area contributed by atoms with Crippen LogP contribution in [0, 0.1) is 0 Å². The zero-order valence-corrected chi connectivity index (χ0v) is 17.4. The van der Waals surface area contributed by atoms with Gasteiger partial charge in [-0.25, -0.2) is 4.98 Å². The second kappa shape index (κ2) is 7.89. The topological polar surface area (TPSA) is 55.3 Å². The van der Waals surface area contributed by atoms with Gasteiger partial charge in [0.1, 0.15) is 10.8 Å². The summed E-state index contributed by atoms with van der Waals surface area (Å²) in [6, 6.07) is 19.1. The number of thiazole rings is 1. The third kappa shape index (κ3) is 3.56. The van der Waals surface area contributed by atoms with Crippen LogP contribution in [0.25, 0.3) is 22.0 Å². The number of rotatable bonds is 4. The maximum atomic E-state index is 12.6. The van der Waals surface area contributed by atoms with Gasteiger partial charge in [-0.2, -0.15) is 0 Å². The summed E-state index contributed by atoms with van der Waals surface area (Å²) >= 11 is 7.86. The Kier molecular flexibility index (Phi) is 4.94. The van der Waals surface area contributed by atoms with Gasteiger partial charge in [0, 0.05) is 22.2 Å². The summed E-state index contributed by atoms with van der Waals surface area (Å²) in [4.78, 5) is 23.5. The van der Waals surface area contributed by atoms with Gasteiger partial charge < -0.3 is 9.64 Å². The van der Waals surface area contributed by atoms with E-state index in [1.807, 2.05) is 66.0 Å². The van der Waals surface area contributed by atoms with Gasteiger partial charge in [0.25, 0.3) is 5.91 Å². The number of anilines is 1. The fraction of sp³-hybridized carbons (Fsp3) is 0.0870. The molecule has 0 spiro atoms. The van der Waals surface area contributed by atoms with E-state index in [0.29, 0.717) is 17.3 Å². The lowest BCUT2D eigenvalue weighted by atomic mass is 10.1. The number of hydrogen-bond acceptors (Lipinski definition) is 5. The van der Waals surface area contributed by atoms with Gasteiger partial charge in [0.15, 0.2) is 6.61 Å². The van der Waals surface area contributed by atoms with Crippen molar-refractivity contribution >= 4 is 34.5 Å². The number of carbonyl (C=O) groups is 1. The molecular weight excluding hydrogens is 418 g/mol. The Morgan fingerprint density at radius 1 is 1.07 bits per heavy atom. The molecule has 30 heavy (non-hydrogen) atoms. The van der Waals surface area contributed by atoms with E-state index in [9.17, 15) is 4.79 Å². The van der Waals surface area contributed by atoms with E-state index >= 15 is 0 Å². The fourth-order valence-electron chi connectivity index (χ4n) is 3.35. The molecule has 0 radical (unpaired) electrons. The van der Waals surface area contributed by atoms with Crippen molar-refractivity contribution in [3.63, 3.8) is 0 Å². The maximum Gasteiger partial charge on any atom is 0.265 e. The highest BCUT2D eigenvalue weighted by Gasteiger charge is 2.27. The Balaban J connectivity index is 1.50. The molecule has 1 aliphatic rings. The molecule has 2 aromatic heterocycles. The summed E-state index contributed by atoms with van der Waals surface area (Å²) in [6.07, 6.45) is 1.75. The molecule has 7 heteroatoms. The van der Waals surface area contributed by atoms with Crippen molar-refractivity contribution in [3.8, 4) is 27.7 Å². The van der Waals surface area contributed by atoms with Crippen LogP contribution in [0.2, 0.25) is 5.02 Å². The summed E-state index contributed by atoms with van der Waals surface area (Å²) in [5.74, 6) is 0.567. The minimum atomic E-state index is -0.105. The maximum absolute atomic E-state index is 12.6. The number of nitrogens with zero attached hydrogens (tertiary/aromatic N) is 3. The molecule has 3 heterocycles. The summed E-state index contributed by atoms with van der Waals surface area (Å²) in [5.41, 5.74) is 4.19. The normalized spacial score (nSPS) is 13.1. The molecule has 0 atom stereocenters. The van der Waals surface area contributed by atoms with E-state index in [4.69, 9.17) is 21.3 Å². The lowest BCUT2D eigenvalue weighted by Gasteiger charge is -2.30. The van der Waals surface area contributed by atoms with E-state index in [2.05, 4.69) is 4.98 Å². The van der Waals surface area contributed by atoms with E-state index in [1.165, 1.54) is 11.3 Å². The van der Waals surface area contributed by atoms with E-state index in [1.54, 1.807) is 11.1 Å². The molecular formula is C23H16ClN3O2S. The molecule has 2 aromatic carbocycles.